The Balaban J connectivity index is 2.28. The van der Waals surface area contributed by atoms with E-state index in [0.29, 0.717) is 5.41 Å². The lowest BCUT2D eigenvalue weighted by molar-refractivity contribution is 0.121. The first kappa shape index (κ1) is 14.6. The zero-order chi connectivity index (χ0) is 13.6. The molecule has 19 heavy (non-hydrogen) atoms. The third-order valence-electron chi connectivity index (χ3n) is 5.12. The van der Waals surface area contributed by atoms with Crippen molar-refractivity contribution in [2.45, 2.75) is 77.6 Å². The minimum absolute atomic E-state index is 0.602. The van der Waals surface area contributed by atoms with Crippen molar-refractivity contribution < 1.29 is 0 Å². The summed E-state index contributed by atoms with van der Waals surface area (Å²) in [5, 5.41) is 0. The molecule has 0 spiro atoms. The third-order valence-corrected chi connectivity index (χ3v) is 5.12. The Morgan fingerprint density at radius 3 is 2.21 bits per heavy atom. The molecular weight excluding hydrogens is 228 g/mol. The molecule has 0 radical (unpaired) electrons. The van der Waals surface area contributed by atoms with Crippen LogP contribution in [-0.4, -0.2) is 0 Å². The monoisotopic (exact) mass is 258 g/mol. The van der Waals surface area contributed by atoms with Gasteiger partial charge in [0, 0.05) is 0 Å². The summed E-state index contributed by atoms with van der Waals surface area (Å²) in [7, 11) is 0. The summed E-state index contributed by atoms with van der Waals surface area (Å²) in [5.74, 6) is 0.791. The van der Waals surface area contributed by atoms with Crippen LogP contribution >= 0.6 is 0 Å². The first-order valence-corrected chi connectivity index (χ1v) is 8.37. The van der Waals surface area contributed by atoms with E-state index in [1.807, 2.05) is 0 Å². The standard InChI is InChI=1S/C19H30/c1-3-11-18(17-12-7-5-8-13-17)19(14-4-2)15-9-6-10-16-19/h5,7-8,12-13,18H,3-4,6,9-11,14-16H2,1-2H3. The minimum Gasteiger partial charge on any atom is -0.0654 e. The highest BCUT2D eigenvalue weighted by molar-refractivity contribution is 5.22. The molecule has 2 rings (SSSR count). The van der Waals surface area contributed by atoms with Crippen molar-refractivity contribution in [2.75, 3.05) is 0 Å². The van der Waals surface area contributed by atoms with Gasteiger partial charge in [-0.3, -0.25) is 0 Å². The Labute approximate surface area is 119 Å². The van der Waals surface area contributed by atoms with Crippen LogP contribution in [0.4, 0.5) is 0 Å². The second-order valence-electron chi connectivity index (χ2n) is 6.42. The van der Waals surface area contributed by atoms with Crippen molar-refractivity contribution in [3.63, 3.8) is 0 Å². The molecule has 0 aromatic heterocycles. The summed E-state index contributed by atoms with van der Waals surface area (Å²) in [4.78, 5) is 0. The maximum absolute atomic E-state index is 2.37. The average molecular weight is 258 g/mol. The lowest BCUT2D eigenvalue weighted by Crippen LogP contribution is -2.31. The van der Waals surface area contributed by atoms with E-state index in [0.717, 1.165) is 5.92 Å². The molecule has 1 aliphatic carbocycles. The van der Waals surface area contributed by atoms with Gasteiger partial charge in [-0.2, -0.15) is 0 Å². The van der Waals surface area contributed by atoms with E-state index in [-0.39, 0.29) is 0 Å². The second kappa shape index (κ2) is 7.12. The number of hydrogen-bond donors (Lipinski definition) is 0. The molecule has 0 saturated heterocycles. The SMILES string of the molecule is CCCC(c1ccccc1)C1(CCC)CCCCC1. The normalized spacial score (nSPS) is 20.1. The Hall–Kier alpha value is -0.780. The summed E-state index contributed by atoms with van der Waals surface area (Å²) >= 11 is 0. The van der Waals surface area contributed by atoms with Crippen LogP contribution in [0.15, 0.2) is 30.3 Å². The smallest absolute Gasteiger partial charge is 0.0105 e. The molecule has 106 valence electrons. The maximum Gasteiger partial charge on any atom is -0.0105 e. The lowest BCUT2D eigenvalue weighted by atomic mass is 9.60. The largest absolute Gasteiger partial charge is 0.0654 e. The molecule has 0 heterocycles. The van der Waals surface area contributed by atoms with Gasteiger partial charge in [-0.25, -0.2) is 0 Å². The highest BCUT2D eigenvalue weighted by atomic mass is 14.4. The van der Waals surface area contributed by atoms with Crippen LogP contribution in [-0.2, 0) is 0 Å². The molecule has 1 aliphatic rings. The van der Waals surface area contributed by atoms with Gasteiger partial charge in [0.05, 0.1) is 0 Å². The zero-order valence-corrected chi connectivity index (χ0v) is 12.8. The van der Waals surface area contributed by atoms with Gasteiger partial charge in [0.1, 0.15) is 0 Å². The second-order valence-corrected chi connectivity index (χ2v) is 6.42. The van der Waals surface area contributed by atoms with E-state index in [2.05, 4.69) is 44.2 Å². The van der Waals surface area contributed by atoms with Crippen LogP contribution in [0.3, 0.4) is 0 Å². The van der Waals surface area contributed by atoms with Gasteiger partial charge < -0.3 is 0 Å². The Morgan fingerprint density at radius 2 is 1.63 bits per heavy atom. The highest BCUT2D eigenvalue weighted by Gasteiger charge is 2.38. The molecule has 0 amide bonds. The predicted molar refractivity (Wildman–Crippen MR) is 84.5 cm³/mol. The van der Waals surface area contributed by atoms with E-state index in [9.17, 15) is 0 Å². The third kappa shape index (κ3) is 3.41. The van der Waals surface area contributed by atoms with Crippen LogP contribution in [0.1, 0.15) is 83.1 Å². The molecule has 1 unspecified atom stereocenters. The summed E-state index contributed by atoms with van der Waals surface area (Å²) in [6.45, 7) is 4.71. The van der Waals surface area contributed by atoms with Gasteiger partial charge >= 0.3 is 0 Å². The average Bonchev–Trinajstić information content (AvgIpc) is 2.47. The van der Waals surface area contributed by atoms with E-state index in [4.69, 9.17) is 0 Å². The van der Waals surface area contributed by atoms with Crippen molar-refractivity contribution in [2.24, 2.45) is 5.41 Å². The first-order valence-electron chi connectivity index (χ1n) is 8.37. The predicted octanol–water partition coefficient (Wildman–Crippen LogP) is 6.32. The van der Waals surface area contributed by atoms with E-state index in [1.165, 1.54) is 57.8 Å². The van der Waals surface area contributed by atoms with Crippen molar-refractivity contribution in [3.8, 4) is 0 Å². The minimum atomic E-state index is 0.602. The molecule has 0 aliphatic heterocycles. The van der Waals surface area contributed by atoms with Crippen molar-refractivity contribution >= 4 is 0 Å². The first-order chi connectivity index (χ1) is 9.32. The Bertz CT molecular complexity index is 340. The molecular formula is C19H30. The van der Waals surface area contributed by atoms with Crippen LogP contribution in [0.25, 0.3) is 0 Å². The summed E-state index contributed by atoms with van der Waals surface area (Å²) in [6, 6.07) is 11.3. The molecule has 1 aromatic rings. The van der Waals surface area contributed by atoms with Crippen LogP contribution in [0, 0.1) is 5.41 Å². The fraction of sp³-hybridized carbons (Fsp3) is 0.684. The Kier molecular flexibility index (Phi) is 5.48. The summed E-state index contributed by atoms with van der Waals surface area (Å²) in [6.07, 6.45) is 12.7. The summed E-state index contributed by atoms with van der Waals surface area (Å²) < 4.78 is 0. The van der Waals surface area contributed by atoms with Crippen LogP contribution < -0.4 is 0 Å². The number of rotatable bonds is 6. The van der Waals surface area contributed by atoms with Gasteiger partial charge in [0.25, 0.3) is 0 Å². The van der Waals surface area contributed by atoms with Gasteiger partial charge in [0.2, 0.25) is 0 Å². The molecule has 0 bridgehead atoms. The van der Waals surface area contributed by atoms with E-state index < -0.39 is 0 Å². The summed E-state index contributed by atoms with van der Waals surface area (Å²) in [5.41, 5.74) is 2.20. The molecule has 1 aromatic carbocycles. The molecule has 0 N–H and O–H groups in total. The van der Waals surface area contributed by atoms with Crippen molar-refractivity contribution in [3.05, 3.63) is 35.9 Å². The van der Waals surface area contributed by atoms with Gasteiger partial charge in [-0.05, 0) is 42.6 Å². The fourth-order valence-electron chi connectivity index (χ4n) is 4.33. The van der Waals surface area contributed by atoms with Gasteiger partial charge in [-0.15, -0.1) is 0 Å². The quantitative estimate of drug-likeness (QED) is 0.560. The van der Waals surface area contributed by atoms with Gasteiger partial charge in [0.15, 0.2) is 0 Å². The maximum atomic E-state index is 2.37. The van der Waals surface area contributed by atoms with Gasteiger partial charge in [-0.1, -0.05) is 76.3 Å². The van der Waals surface area contributed by atoms with Crippen molar-refractivity contribution in [1.82, 2.24) is 0 Å². The van der Waals surface area contributed by atoms with Crippen LogP contribution in [0.2, 0.25) is 0 Å². The zero-order valence-electron chi connectivity index (χ0n) is 12.8. The fourth-order valence-corrected chi connectivity index (χ4v) is 4.33. The lowest BCUT2D eigenvalue weighted by Gasteiger charge is -2.44. The van der Waals surface area contributed by atoms with E-state index in [1.54, 1.807) is 5.56 Å². The van der Waals surface area contributed by atoms with Crippen LogP contribution in [0.5, 0.6) is 0 Å². The highest BCUT2D eigenvalue weighted by Crippen LogP contribution is 2.52. The Morgan fingerprint density at radius 1 is 0.947 bits per heavy atom. The number of hydrogen-bond acceptors (Lipinski definition) is 0. The molecule has 0 nitrogen and oxygen atoms in total. The molecule has 1 fully saturated rings. The molecule has 1 saturated carbocycles. The molecule has 1 atom stereocenters. The topological polar surface area (TPSA) is 0 Å². The molecule has 0 heteroatoms. The van der Waals surface area contributed by atoms with Crippen molar-refractivity contribution in [1.29, 1.82) is 0 Å². The van der Waals surface area contributed by atoms with E-state index >= 15 is 0 Å². The number of benzene rings is 1.